The molecule has 1 rings (SSSR count). The zero-order valence-electron chi connectivity index (χ0n) is 7.97. The maximum absolute atomic E-state index is 10.5. The summed E-state index contributed by atoms with van der Waals surface area (Å²) in [4.78, 5) is 10.5. The van der Waals surface area contributed by atoms with Gasteiger partial charge < -0.3 is 9.47 Å². The van der Waals surface area contributed by atoms with Crippen LogP contribution >= 0.6 is 0 Å². The van der Waals surface area contributed by atoms with E-state index in [-0.39, 0.29) is 0 Å². The van der Waals surface area contributed by atoms with Crippen molar-refractivity contribution in [3.05, 3.63) is 48.2 Å². The van der Waals surface area contributed by atoms with Gasteiger partial charge in [0.05, 0.1) is 13.4 Å². The van der Waals surface area contributed by atoms with E-state index in [0.717, 1.165) is 12.0 Å². The maximum Gasteiger partial charge on any atom is 0.512 e. The highest BCUT2D eigenvalue weighted by Gasteiger charge is 1.94. The minimum Gasteiger partial charge on any atom is -0.437 e. The zero-order valence-corrected chi connectivity index (χ0v) is 7.97. The monoisotopic (exact) mass is 192 g/mol. The second-order valence-corrected chi connectivity index (χ2v) is 2.63. The molecule has 0 N–H and O–H groups in total. The Labute approximate surface area is 83.0 Å². The predicted octanol–water partition coefficient (Wildman–Crippen LogP) is 2.53. The van der Waals surface area contributed by atoms with Crippen LogP contribution < -0.4 is 0 Å². The van der Waals surface area contributed by atoms with Gasteiger partial charge in [0, 0.05) is 0 Å². The summed E-state index contributed by atoms with van der Waals surface area (Å²) in [6.45, 7) is 0. The van der Waals surface area contributed by atoms with Crippen LogP contribution in [0.3, 0.4) is 0 Å². The average Bonchev–Trinajstić information content (AvgIpc) is 2.25. The third-order valence-corrected chi connectivity index (χ3v) is 1.62. The van der Waals surface area contributed by atoms with Crippen molar-refractivity contribution < 1.29 is 14.3 Å². The lowest BCUT2D eigenvalue weighted by Gasteiger charge is -1.95. The predicted molar refractivity (Wildman–Crippen MR) is 52.8 cm³/mol. The summed E-state index contributed by atoms with van der Waals surface area (Å²) in [5.41, 5.74) is 1.16. The molecular formula is C11H12O3. The van der Waals surface area contributed by atoms with Gasteiger partial charge in [-0.05, 0) is 18.1 Å². The van der Waals surface area contributed by atoms with Crippen LogP contribution in [0.2, 0.25) is 0 Å². The summed E-state index contributed by atoms with van der Waals surface area (Å²) in [6, 6.07) is 9.89. The highest BCUT2D eigenvalue weighted by atomic mass is 16.7. The third kappa shape index (κ3) is 3.76. The molecule has 0 unspecified atom stereocenters. The van der Waals surface area contributed by atoms with Crippen LogP contribution in [0.25, 0.3) is 0 Å². The van der Waals surface area contributed by atoms with Crippen LogP contribution in [0, 0.1) is 0 Å². The van der Waals surface area contributed by atoms with E-state index in [4.69, 9.17) is 0 Å². The van der Waals surface area contributed by atoms with Crippen LogP contribution in [0.5, 0.6) is 0 Å². The van der Waals surface area contributed by atoms with Gasteiger partial charge in [-0.15, -0.1) is 0 Å². The molecule has 0 aliphatic heterocycles. The van der Waals surface area contributed by atoms with E-state index >= 15 is 0 Å². The van der Waals surface area contributed by atoms with Crippen molar-refractivity contribution in [3.8, 4) is 0 Å². The summed E-state index contributed by atoms with van der Waals surface area (Å²) >= 11 is 0. The number of methoxy groups -OCH3 is 1. The lowest BCUT2D eigenvalue weighted by molar-refractivity contribution is 0.105. The fourth-order valence-corrected chi connectivity index (χ4v) is 0.950. The molecule has 0 aliphatic carbocycles. The van der Waals surface area contributed by atoms with E-state index in [9.17, 15) is 4.79 Å². The molecule has 0 spiro atoms. The topological polar surface area (TPSA) is 35.5 Å². The van der Waals surface area contributed by atoms with Crippen LogP contribution in [-0.2, 0) is 15.9 Å². The van der Waals surface area contributed by atoms with Crippen molar-refractivity contribution in [3.63, 3.8) is 0 Å². The summed E-state index contributed by atoms with van der Waals surface area (Å²) in [6.07, 6.45) is 3.12. The molecular weight excluding hydrogens is 180 g/mol. The molecule has 3 heteroatoms. The van der Waals surface area contributed by atoms with Gasteiger partial charge in [0.25, 0.3) is 0 Å². The Morgan fingerprint density at radius 2 is 2.07 bits per heavy atom. The molecule has 0 fully saturated rings. The van der Waals surface area contributed by atoms with Gasteiger partial charge in [-0.3, -0.25) is 0 Å². The molecule has 0 aromatic heterocycles. The van der Waals surface area contributed by atoms with Crippen molar-refractivity contribution in [2.24, 2.45) is 0 Å². The molecule has 0 radical (unpaired) electrons. The Morgan fingerprint density at radius 3 is 2.71 bits per heavy atom. The van der Waals surface area contributed by atoms with Crippen molar-refractivity contribution >= 4 is 6.16 Å². The lowest BCUT2D eigenvalue weighted by Crippen LogP contribution is -1.98. The van der Waals surface area contributed by atoms with Gasteiger partial charge in [-0.1, -0.05) is 30.3 Å². The molecule has 0 saturated carbocycles. The van der Waals surface area contributed by atoms with E-state index in [2.05, 4.69) is 9.47 Å². The number of benzene rings is 1. The number of rotatable bonds is 3. The van der Waals surface area contributed by atoms with E-state index in [1.54, 1.807) is 6.08 Å². The van der Waals surface area contributed by atoms with Crippen molar-refractivity contribution in [2.75, 3.05) is 7.11 Å². The van der Waals surface area contributed by atoms with Crippen LogP contribution in [0.1, 0.15) is 5.56 Å². The fourth-order valence-electron chi connectivity index (χ4n) is 0.950. The summed E-state index contributed by atoms with van der Waals surface area (Å²) in [5.74, 6) is 0. The third-order valence-electron chi connectivity index (χ3n) is 1.62. The Balaban J connectivity index is 2.31. The van der Waals surface area contributed by atoms with Crippen LogP contribution in [0.4, 0.5) is 4.79 Å². The van der Waals surface area contributed by atoms with Crippen molar-refractivity contribution in [1.29, 1.82) is 0 Å². The van der Waals surface area contributed by atoms with E-state index in [1.807, 2.05) is 30.3 Å². The second-order valence-electron chi connectivity index (χ2n) is 2.63. The van der Waals surface area contributed by atoms with Crippen LogP contribution in [-0.4, -0.2) is 13.3 Å². The first-order valence-corrected chi connectivity index (χ1v) is 4.26. The Hall–Kier alpha value is -1.77. The van der Waals surface area contributed by atoms with Gasteiger partial charge in [0.2, 0.25) is 0 Å². The highest BCUT2D eigenvalue weighted by molar-refractivity contribution is 5.60. The first-order valence-electron chi connectivity index (χ1n) is 4.26. The number of carbonyl (C=O) groups is 1. The normalized spacial score (nSPS) is 10.1. The number of hydrogen-bond donors (Lipinski definition) is 0. The molecule has 0 atom stereocenters. The first-order chi connectivity index (χ1) is 6.83. The molecule has 0 aliphatic rings. The maximum atomic E-state index is 10.5. The van der Waals surface area contributed by atoms with Gasteiger partial charge in [0.15, 0.2) is 0 Å². The largest absolute Gasteiger partial charge is 0.512 e. The molecule has 0 amide bonds. The van der Waals surface area contributed by atoms with Crippen LogP contribution in [0.15, 0.2) is 42.7 Å². The average molecular weight is 192 g/mol. The second kappa shape index (κ2) is 5.80. The summed E-state index contributed by atoms with van der Waals surface area (Å²) in [7, 11) is 1.27. The Morgan fingerprint density at radius 1 is 1.36 bits per heavy atom. The fraction of sp³-hybridized carbons (Fsp3) is 0.182. The Kier molecular flexibility index (Phi) is 4.27. The van der Waals surface area contributed by atoms with E-state index in [0.29, 0.717) is 0 Å². The van der Waals surface area contributed by atoms with E-state index in [1.165, 1.54) is 13.4 Å². The van der Waals surface area contributed by atoms with Gasteiger partial charge >= 0.3 is 6.16 Å². The lowest BCUT2D eigenvalue weighted by atomic mass is 10.2. The minimum absolute atomic E-state index is 0.700. The SMILES string of the molecule is COC(=O)O/C=C/Cc1ccccc1. The van der Waals surface area contributed by atoms with E-state index < -0.39 is 6.16 Å². The number of carbonyl (C=O) groups excluding carboxylic acids is 1. The molecule has 0 heterocycles. The molecule has 3 nitrogen and oxygen atoms in total. The molecule has 0 bridgehead atoms. The van der Waals surface area contributed by atoms with Crippen molar-refractivity contribution in [1.82, 2.24) is 0 Å². The minimum atomic E-state index is -0.700. The van der Waals surface area contributed by atoms with Gasteiger partial charge in [-0.25, -0.2) is 4.79 Å². The molecule has 0 saturated heterocycles. The molecule has 14 heavy (non-hydrogen) atoms. The number of ether oxygens (including phenoxy) is 2. The van der Waals surface area contributed by atoms with Gasteiger partial charge in [-0.2, -0.15) is 0 Å². The first kappa shape index (κ1) is 10.3. The highest BCUT2D eigenvalue weighted by Crippen LogP contribution is 2.00. The molecule has 1 aromatic rings. The van der Waals surface area contributed by atoms with Crippen molar-refractivity contribution in [2.45, 2.75) is 6.42 Å². The molecule has 74 valence electrons. The summed E-state index contributed by atoms with van der Waals surface area (Å²) < 4.78 is 8.86. The Bertz CT molecular complexity index is 304. The summed E-state index contributed by atoms with van der Waals surface area (Å²) in [5, 5.41) is 0. The molecule has 1 aromatic carbocycles. The van der Waals surface area contributed by atoms with Gasteiger partial charge in [0.1, 0.15) is 0 Å². The quantitative estimate of drug-likeness (QED) is 0.545. The smallest absolute Gasteiger partial charge is 0.437 e. The number of allylic oxidation sites excluding steroid dienone is 1. The standard InChI is InChI=1S/C11H12O3/c1-13-11(12)14-9-5-8-10-6-3-2-4-7-10/h2-7,9H,8H2,1H3/b9-5+. The zero-order chi connectivity index (χ0) is 10.2. The number of hydrogen-bond acceptors (Lipinski definition) is 3.